The first kappa shape index (κ1) is 14.7. The van der Waals surface area contributed by atoms with E-state index < -0.39 is 5.97 Å². The summed E-state index contributed by atoms with van der Waals surface area (Å²) in [6.45, 7) is 5.81. The average Bonchev–Trinajstić information content (AvgIpc) is 2.14. The molecule has 0 fully saturated rings. The molecule has 2 unspecified atom stereocenters. The van der Waals surface area contributed by atoms with Gasteiger partial charge in [-0.05, 0) is 26.7 Å². The minimum absolute atomic E-state index is 0.0754. The van der Waals surface area contributed by atoms with Crippen LogP contribution in [0.15, 0.2) is 0 Å². The SMILES string of the molecule is CCCC(C)NC(=O)NC(C)CCC(=O)O. The number of rotatable bonds is 7. The van der Waals surface area contributed by atoms with Gasteiger partial charge in [-0.25, -0.2) is 4.79 Å². The fourth-order valence-corrected chi connectivity index (χ4v) is 1.41. The Hall–Kier alpha value is -1.26. The number of hydrogen-bond donors (Lipinski definition) is 3. The van der Waals surface area contributed by atoms with E-state index in [9.17, 15) is 9.59 Å². The predicted octanol–water partition coefficient (Wildman–Crippen LogP) is 1.73. The van der Waals surface area contributed by atoms with Crippen LogP contribution in [0.4, 0.5) is 4.79 Å². The van der Waals surface area contributed by atoms with Gasteiger partial charge >= 0.3 is 12.0 Å². The van der Waals surface area contributed by atoms with Gasteiger partial charge < -0.3 is 15.7 Å². The summed E-state index contributed by atoms with van der Waals surface area (Å²) in [7, 11) is 0. The highest BCUT2D eigenvalue weighted by Gasteiger charge is 2.10. The molecule has 2 amide bonds. The van der Waals surface area contributed by atoms with E-state index in [4.69, 9.17) is 5.11 Å². The van der Waals surface area contributed by atoms with Crippen LogP contribution in [-0.4, -0.2) is 29.2 Å². The van der Waals surface area contributed by atoms with Gasteiger partial charge in [0.15, 0.2) is 0 Å². The Labute approximate surface area is 96.6 Å². The standard InChI is InChI=1S/C11H22N2O3/c1-4-5-8(2)12-11(16)13-9(3)6-7-10(14)15/h8-9H,4-7H2,1-3H3,(H,14,15)(H2,12,13,16). The third kappa shape index (κ3) is 8.08. The van der Waals surface area contributed by atoms with Crippen LogP contribution in [0.2, 0.25) is 0 Å². The Morgan fingerprint density at radius 1 is 1.12 bits per heavy atom. The quantitative estimate of drug-likeness (QED) is 0.623. The number of carboxylic acid groups (broad SMARTS) is 1. The van der Waals surface area contributed by atoms with Crippen molar-refractivity contribution in [2.24, 2.45) is 0 Å². The molecule has 0 aliphatic rings. The lowest BCUT2D eigenvalue weighted by atomic mass is 10.2. The lowest BCUT2D eigenvalue weighted by Gasteiger charge is -2.17. The fraction of sp³-hybridized carbons (Fsp3) is 0.818. The first-order valence-electron chi connectivity index (χ1n) is 5.74. The van der Waals surface area contributed by atoms with Crippen molar-refractivity contribution >= 4 is 12.0 Å². The molecule has 0 rings (SSSR count). The predicted molar refractivity (Wildman–Crippen MR) is 62.4 cm³/mol. The van der Waals surface area contributed by atoms with Crippen molar-refractivity contribution in [3.8, 4) is 0 Å². The van der Waals surface area contributed by atoms with Gasteiger partial charge in [-0.15, -0.1) is 0 Å². The Kier molecular flexibility index (Phi) is 7.33. The van der Waals surface area contributed by atoms with Crippen molar-refractivity contribution in [3.63, 3.8) is 0 Å². The molecule has 0 heterocycles. The van der Waals surface area contributed by atoms with Crippen LogP contribution in [-0.2, 0) is 4.79 Å². The fourth-order valence-electron chi connectivity index (χ4n) is 1.41. The monoisotopic (exact) mass is 230 g/mol. The summed E-state index contributed by atoms with van der Waals surface area (Å²) in [5, 5.41) is 14.0. The molecule has 0 spiro atoms. The molecular formula is C11H22N2O3. The number of aliphatic carboxylic acids is 1. The smallest absolute Gasteiger partial charge is 0.315 e. The van der Waals surface area contributed by atoms with Gasteiger partial charge in [-0.2, -0.15) is 0 Å². The molecule has 2 atom stereocenters. The largest absolute Gasteiger partial charge is 0.481 e. The number of amides is 2. The van der Waals surface area contributed by atoms with Gasteiger partial charge in [0, 0.05) is 18.5 Å². The molecule has 0 radical (unpaired) electrons. The van der Waals surface area contributed by atoms with Gasteiger partial charge in [0.1, 0.15) is 0 Å². The molecular weight excluding hydrogens is 208 g/mol. The van der Waals surface area contributed by atoms with Crippen LogP contribution >= 0.6 is 0 Å². The highest BCUT2D eigenvalue weighted by Crippen LogP contribution is 1.97. The maximum absolute atomic E-state index is 11.4. The molecule has 0 aliphatic heterocycles. The van der Waals surface area contributed by atoms with Gasteiger partial charge in [0.25, 0.3) is 0 Å². The van der Waals surface area contributed by atoms with Gasteiger partial charge in [0.2, 0.25) is 0 Å². The minimum atomic E-state index is -0.839. The Morgan fingerprint density at radius 3 is 2.06 bits per heavy atom. The lowest BCUT2D eigenvalue weighted by Crippen LogP contribution is -2.44. The Balaban J connectivity index is 3.73. The zero-order chi connectivity index (χ0) is 12.6. The summed E-state index contributed by atoms with van der Waals surface area (Å²) >= 11 is 0. The molecule has 94 valence electrons. The van der Waals surface area contributed by atoms with Gasteiger partial charge in [0.05, 0.1) is 0 Å². The Bertz CT molecular complexity index is 231. The normalized spacial score (nSPS) is 13.9. The zero-order valence-electron chi connectivity index (χ0n) is 10.2. The molecule has 16 heavy (non-hydrogen) atoms. The first-order chi connectivity index (χ1) is 7.45. The van der Waals surface area contributed by atoms with Gasteiger partial charge in [-0.1, -0.05) is 13.3 Å². The van der Waals surface area contributed by atoms with Crippen molar-refractivity contribution < 1.29 is 14.7 Å². The number of urea groups is 1. The minimum Gasteiger partial charge on any atom is -0.481 e. The molecule has 0 aromatic heterocycles. The second-order valence-corrected chi connectivity index (χ2v) is 4.14. The molecule has 0 saturated carbocycles. The second kappa shape index (κ2) is 7.96. The molecule has 0 aromatic rings. The van der Waals surface area contributed by atoms with Crippen molar-refractivity contribution in [1.29, 1.82) is 0 Å². The zero-order valence-corrected chi connectivity index (χ0v) is 10.2. The van der Waals surface area contributed by atoms with E-state index in [1.54, 1.807) is 6.92 Å². The summed E-state index contributed by atoms with van der Waals surface area (Å²) in [4.78, 5) is 21.7. The first-order valence-corrected chi connectivity index (χ1v) is 5.74. The molecule has 5 nitrogen and oxygen atoms in total. The second-order valence-electron chi connectivity index (χ2n) is 4.14. The van der Waals surface area contributed by atoms with Crippen molar-refractivity contribution in [3.05, 3.63) is 0 Å². The number of hydrogen-bond acceptors (Lipinski definition) is 2. The molecule has 5 heteroatoms. The summed E-state index contributed by atoms with van der Waals surface area (Å²) in [5.74, 6) is -0.839. The van der Waals surface area contributed by atoms with Crippen LogP contribution in [0, 0.1) is 0 Å². The highest BCUT2D eigenvalue weighted by atomic mass is 16.4. The van der Waals surface area contributed by atoms with Crippen LogP contribution in [0.3, 0.4) is 0 Å². The van der Waals surface area contributed by atoms with Crippen LogP contribution < -0.4 is 10.6 Å². The number of nitrogens with one attached hydrogen (secondary N) is 2. The maximum Gasteiger partial charge on any atom is 0.315 e. The molecule has 0 aromatic carbocycles. The third-order valence-electron chi connectivity index (χ3n) is 2.27. The van der Waals surface area contributed by atoms with E-state index in [-0.39, 0.29) is 24.5 Å². The van der Waals surface area contributed by atoms with Crippen molar-refractivity contribution in [1.82, 2.24) is 10.6 Å². The Morgan fingerprint density at radius 2 is 1.62 bits per heavy atom. The molecule has 0 aliphatic carbocycles. The van der Waals surface area contributed by atoms with Crippen LogP contribution in [0.5, 0.6) is 0 Å². The van der Waals surface area contributed by atoms with Crippen molar-refractivity contribution in [2.75, 3.05) is 0 Å². The molecule has 3 N–H and O–H groups in total. The summed E-state index contributed by atoms with van der Waals surface area (Å²) in [6.07, 6.45) is 2.49. The van der Waals surface area contributed by atoms with Crippen molar-refractivity contribution in [2.45, 2.75) is 58.5 Å². The van der Waals surface area contributed by atoms with Gasteiger partial charge in [-0.3, -0.25) is 4.79 Å². The number of carbonyl (C=O) groups excluding carboxylic acids is 1. The molecule has 0 saturated heterocycles. The molecule has 0 bridgehead atoms. The van der Waals surface area contributed by atoms with E-state index in [2.05, 4.69) is 17.6 Å². The maximum atomic E-state index is 11.4. The van der Waals surface area contributed by atoms with Crippen LogP contribution in [0.1, 0.15) is 46.5 Å². The topological polar surface area (TPSA) is 78.4 Å². The summed E-state index contributed by atoms with van der Waals surface area (Å²) < 4.78 is 0. The van der Waals surface area contributed by atoms with E-state index in [1.165, 1.54) is 0 Å². The number of carboxylic acids is 1. The van der Waals surface area contributed by atoms with E-state index in [0.717, 1.165) is 12.8 Å². The van der Waals surface area contributed by atoms with E-state index >= 15 is 0 Å². The van der Waals surface area contributed by atoms with Crippen LogP contribution in [0.25, 0.3) is 0 Å². The van der Waals surface area contributed by atoms with E-state index in [0.29, 0.717) is 6.42 Å². The van der Waals surface area contributed by atoms with E-state index in [1.807, 2.05) is 6.92 Å². The highest BCUT2D eigenvalue weighted by molar-refractivity contribution is 5.74. The summed E-state index contributed by atoms with van der Waals surface area (Å²) in [5.41, 5.74) is 0. The average molecular weight is 230 g/mol. The summed E-state index contributed by atoms with van der Waals surface area (Å²) in [6, 6.07) is -0.194. The number of carbonyl (C=O) groups is 2. The third-order valence-corrected chi connectivity index (χ3v) is 2.27. The lowest BCUT2D eigenvalue weighted by molar-refractivity contribution is -0.137.